The summed E-state index contributed by atoms with van der Waals surface area (Å²) < 4.78 is 0. The summed E-state index contributed by atoms with van der Waals surface area (Å²) in [6, 6.07) is 0. The lowest BCUT2D eigenvalue weighted by Crippen LogP contribution is -1.90. The molecule has 1 radical (unpaired) electrons. The van der Waals surface area contributed by atoms with E-state index in [1.165, 1.54) is 0 Å². The van der Waals surface area contributed by atoms with E-state index in [2.05, 4.69) is 6.92 Å². The number of hydrogen-bond donors (Lipinski definition) is 1. The van der Waals surface area contributed by atoms with Gasteiger partial charge in [-0.25, -0.2) is 0 Å². The fourth-order valence-electron chi connectivity index (χ4n) is 0.214. The molecule has 0 amide bonds. The monoisotopic (exact) mass is 117 g/mol. The van der Waals surface area contributed by atoms with Crippen LogP contribution >= 0.6 is 0 Å². The van der Waals surface area contributed by atoms with Crippen LogP contribution in [0.5, 0.6) is 0 Å². The first-order chi connectivity index (χ1) is 3.77. The van der Waals surface area contributed by atoms with Crippen molar-refractivity contribution in [2.75, 3.05) is 0 Å². The molecule has 0 fully saturated rings. The van der Waals surface area contributed by atoms with Gasteiger partial charge in [0.1, 0.15) is 0 Å². The lowest BCUT2D eigenvalue weighted by Gasteiger charge is -1.79. The Balaban J connectivity index is 0. The maximum absolute atomic E-state index is 9.60. The summed E-state index contributed by atoms with van der Waals surface area (Å²) in [6.07, 6.45) is 1.02. The van der Waals surface area contributed by atoms with E-state index in [4.69, 9.17) is 5.11 Å². The van der Waals surface area contributed by atoms with E-state index in [-0.39, 0.29) is 0 Å². The van der Waals surface area contributed by atoms with Gasteiger partial charge in [0.15, 0.2) is 0 Å². The minimum atomic E-state index is -0.711. The minimum Gasteiger partial charge on any atom is -0.481 e. The first-order valence-corrected chi connectivity index (χ1v) is 2.70. The molecule has 0 atom stereocenters. The zero-order chi connectivity index (χ0) is 6.99. The van der Waals surface area contributed by atoms with Crippen molar-refractivity contribution >= 4 is 5.97 Å². The Morgan fingerprint density at radius 1 is 1.62 bits per heavy atom. The fraction of sp³-hybridized carbons (Fsp3) is 0.667. The highest BCUT2D eigenvalue weighted by Gasteiger charge is 1.87. The summed E-state index contributed by atoms with van der Waals surface area (Å²) >= 11 is 0. The highest BCUT2D eigenvalue weighted by molar-refractivity contribution is 5.66. The number of carbonyl (C=O) groups is 1. The Hall–Kier alpha value is -0.530. The van der Waals surface area contributed by atoms with E-state index >= 15 is 0 Å². The zero-order valence-electron chi connectivity index (χ0n) is 5.48. The molecule has 0 bridgehead atoms. The molecular formula is C6H13O2. The summed E-state index contributed by atoms with van der Waals surface area (Å²) in [5.41, 5.74) is 0. The predicted octanol–water partition coefficient (Wildman–Crippen LogP) is 1.71. The first kappa shape index (κ1) is 10.5. The third kappa shape index (κ3) is 17.9. The zero-order valence-corrected chi connectivity index (χ0v) is 5.48. The van der Waals surface area contributed by atoms with Crippen molar-refractivity contribution in [2.45, 2.75) is 26.7 Å². The Morgan fingerprint density at radius 3 is 2.00 bits per heavy atom. The van der Waals surface area contributed by atoms with Gasteiger partial charge in [0.2, 0.25) is 0 Å². The Labute approximate surface area is 50.5 Å². The Bertz CT molecular complexity index is 50.5. The largest absolute Gasteiger partial charge is 0.481 e. The van der Waals surface area contributed by atoms with Crippen LogP contribution in [0.25, 0.3) is 0 Å². The van der Waals surface area contributed by atoms with Crippen LogP contribution in [0.4, 0.5) is 0 Å². The van der Waals surface area contributed by atoms with Gasteiger partial charge in [0, 0.05) is 6.42 Å². The molecule has 0 aromatic carbocycles. The third-order valence-electron chi connectivity index (χ3n) is 0.464. The highest BCUT2D eigenvalue weighted by atomic mass is 16.4. The van der Waals surface area contributed by atoms with Crippen LogP contribution in [0.15, 0.2) is 0 Å². The van der Waals surface area contributed by atoms with E-state index in [0.717, 1.165) is 6.42 Å². The van der Waals surface area contributed by atoms with Crippen molar-refractivity contribution in [2.24, 2.45) is 0 Å². The number of rotatable bonds is 2. The summed E-state index contributed by atoms with van der Waals surface area (Å²) in [5, 5.41) is 7.91. The summed E-state index contributed by atoms with van der Waals surface area (Å²) in [6.45, 7) is 6.84. The molecule has 0 aromatic heterocycles. The molecule has 0 unspecified atom stereocenters. The second kappa shape index (κ2) is 9.69. The molecule has 1 N–H and O–H groups in total. The van der Waals surface area contributed by atoms with E-state index in [0.29, 0.717) is 6.42 Å². The second-order valence-corrected chi connectivity index (χ2v) is 1.14. The van der Waals surface area contributed by atoms with Gasteiger partial charge in [-0.05, 0) is 6.42 Å². The number of aliphatic carboxylic acids is 1. The molecule has 2 heteroatoms. The molecule has 2 nitrogen and oxygen atoms in total. The van der Waals surface area contributed by atoms with Gasteiger partial charge < -0.3 is 5.11 Å². The number of carboxylic acid groups (broad SMARTS) is 1. The molecule has 0 aliphatic heterocycles. The van der Waals surface area contributed by atoms with Crippen molar-refractivity contribution < 1.29 is 9.90 Å². The van der Waals surface area contributed by atoms with E-state index < -0.39 is 5.97 Å². The summed E-state index contributed by atoms with van der Waals surface area (Å²) in [7, 11) is 0. The van der Waals surface area contributed by atoms with Gasteiger partial charge in [-0.1, -0.05) is 20.8 Å². The van der Waals surface area contributed by atoms with Crippen LogP contribution in [0, 0.1) is 6.92 Å². The maximum atomic E-state index is 9.60. The standard InChI is InChI=1S/C4H8O2.C2H5/c1-2-3-4(5)6;1-2/h2-3H2,1H3,(H,5,6);1H2,2H3. The van der Waals surface area contributed by atoms with Gasteiger partial charge in [-0.2, -0.15) is 0 Å². The van der Waals surface area contributed by atoms with Crippen LogP contribution in [0.3, 0.4) is 0 Å². The molecule has 0 rings (SSSR count). The number of hydrogen-bond acceptors (Lipinski definition) is 1. The molecule has 0 heterocycles. The maximum Gasteiger partial charge on any atom is 0.303 e. The van der Waals surface area contributed by atoms with E-state index in [9.17, 15) is 4.79 Å². The molecule has 0 spiro atoms. The van der Waals surface area contributed by atoms with Crippen molar-refractivity contribution in [3.8, 4) is 0 Å². The number of carboxylic acids is 1. The van der Waals surface area contributed by atoms with Crippen molar-refractivity contribution in [3.05, 3.63) is 6.92 Å². The van der Waals surface area contributed by atoms with Crippen molar-refractivity contribution in [3.63, 3.8) is 0 Å². The fourth-order valence-corrected chi connectivity index (χ4v) is 0.214. The van der Waals surface area contributed by atoms with Crippen molar-refractivity contribution in [1.82, 2.24) is 0 Å². The molecule has 0 aliphatic carbocycles. The third-order valence-corrected chi connectivity index (χ3v) is 0.464. The quantitative estimate of drug-likeness (QED) is 0.597. The van der Waals surface area contributed by atoms with Crippen LogP contribution in [0.1, 0.15) is 26.7 Å². The van der Waals surface area contributed by atoms with Gasteiger partial charge in [-0.3, -0.25) is 4.79 Å². The SMILES string of the molecule is CCCC(=O)O.[CH2]C. The van der Waals surface area contributed by atoms with E-state index in [1.807, 2.05) is 6.92 Å². The van der Waals surface area contributed by atoms with Gasteiger partial charge in [-0.15, -0.1) is 0 Å². The average Bonchev–Trinajstić information content (AvgIpc) is 1.72. The molecule has 0 aromatic rings. The lowest BCUT2D eigenvalue weighted by atomic mass is 10.4. The van der Waals surface area contributed by atoms with Crippen molar-refractivity contribution in [1.29, 1.82) is 0 Å². The normalized spacial score (nSPS) is 6.88. The highest BCUT2D eigenvalue weighted by Crippen LogP contribution is 1.82. The van der Waals surface area contributed by atoms with E-state index in [1.54, 1.807) is 6.92 Å². The van der Waals surface area contributed by atoms with Gasteiger partial charge >= 0.3 is 5.97 Å². The first-order valence-electron chi connectivity index (χ1n) is 2.70. The summed E-state index contributed by atoms with van der Waals surface area (Å²) in [5.74, 6) is -0.711. The smallest absolute Gasteiger partial charge is 0.303 e. The van der Waals surface area contributed by atoms with Gasteiger partial charge in [0.05, 0.1) is 0 Å². The topological polar surface area (TPSA) is 37.3 Å². The molecule has 0 saturated carbocycles. The van der Waals surface area contributed by atoms with Gasteiger partial charge in [0.25, 0.3) is 0 Å². The lowest BCUT2D eigenvalue weighted by molar-refractivity contribution is -0.137. The minimum absolute atomic E-state index is 0.292. The Kier molecular flexibility index (Phi) is 12.7. The molecule has 49 valence electrons. The van der Waals surface area contributed by atoms with Crippen LogP contribution in [0.2, 0.25) is 0 Å². The van der Waals surface area contributed by atoms with Crippen LogP contribution in [-0.2, 0) is 4.79 Å². The molecule has 8 heavy (non-hydrogen) atoms. The molecular weight excluding hydrogens is 104 g/mol. The van der Waals surface area contributed by atoms with Crippen LogP contribution < -0.4 is 0 Å². The molecule has 0 saturated heterocycles. The molecule has 0 aliphatic rings. The Morgan fingerprint density at radius 2 is 2.00 bits per heavy atom. The average molecular weight is 117 g/mol. The van der Waals surface area contributed by atoms with Crippen LogP contribution in [-0.4, -0.2) is 11.1 Å². The predicted molar refractivity (Wildman–Crippen MR) is 33.6 cm³/mol. The summed E-state index contributed by atoms with van der Waals surface area (Å²) in [4.78, 5) is 9.60. The second-order valence-electron chi connectivity index (χ2n) is 1.14.